The second kappa shape index (κ2) is 7.21. The molecular formula is C18H21N3O3. The van der Waals surface area contributed by atoms with E-state index in [-0.39, 0.29) is 5.91 Å². The van der Waals surface area contributed by atoms with Gasteiger partial charge in [-0.1, -0.05) is 6.07 Å². The highest BCUT2D eigenvalue weighted by molar-refractivity contribution is 6.03. The number of carbonyl (C=O) groups is 1. The number of carbonyl (C=O) groups excluding carboxylic acids is 1. The van der Waals surface area contributed by atoms with E-state index in [2.05, 4.69) is 10.3 Å². The second-order valence-corrected chi connectivity index (χ2v) is 5.55. The zero-order chi connectivity index (χ0) is 16.9. The van der Waals surface area contributed by atoms with E-state index in [9.17, 15) is 4.79 Å². The summed E-state index contributed by atoms with van der Waals surface area (Å²) in [5.74, 6) is 2.25. The number of nitrogens with zero attached hydrogens (tertiary/aromatic N) is 2. The molecule has 0 saturated heterocycles. The molecule has 6 nitrogen and oxygen atoms in total. The Morgan fingerprint density at radius 1 is 1.25 bits per heavy atom. The minimum absolute atomic E-state index is 0.0716. The van der Waals surface area contributed by atoms with Crippen molar-refractivity contribution in [3.05, 3.63) is 47.7 Å². The molecular weight excluding hydrogens is 306 g/mol. The molecule has 2 aliphatic rings. The lowest BCUT2D eigenvalue weighted by Crippen LogP contribution is -2.31. The molecule has 24 heavy (non-hydrogen) atoms. The van der Waals surface area contributed by atoms with E-state index in [0.717, 1.165) is 30.9 Å². The van der Waals surface area contributed by atoms with E-state index >= 15 is 0 Å². The number of aliphatic imine (C=N–C) groups is 1. The van der Waals surface area contributed by atoms with Crippen LogP contribution in [-0.2, 0) is 11.2 Å². The third-order valence-electron chi connectivity index (χ3n) is 4.03. The summed E-state index contributed by atoms with van der Waals surface area (Å²) in [6, 6.07) is 5.77. The van der Waals surface area contributed by atoms with E-state index < -0.39 is 0 Å². The third kappa shape index (κ3) is 3.42. The largest absolute Gasteiger partial charge is 0.493 e. The zero-order valence-corrected chi connectivity index (χ0v) is 13.9. The summed E-state index contributed by atoms with van der Waals surface area (Å²) in [5, 5.41) is 2.95. The molecule has 126 valence electrons. The fraction of sp³-hybridized carbons (Fsp3) is 0.333. The first-order valence-corrected chi connectivity index (χ1v) is 7.91. The summed E-state index contributed by atoms with van der Waals surface area (Å²) in [4.78, 5) is 18.6. The van der Waals surface area contributed by atoms with Gasteiger partial charge in [0.25, 0.3) is 5.91 Å². The van der Waals surface area contributed by atoms with Gasteiger partial charge < -0.3 is 19.7 Å². The molecule has 3 rings (SSSR count). The highest BCUT2D eigenvalue weighted by Gasteiger charge is 2.19. The molecule has 1 aromatic carbocycles. The quantitative estimate of drug-likeness (QED) is 0.861. The van der Waals surface area contributed by atoms with Crippen LogP contribution >= 0.6 is 0 Å². The molecule has 0 unspecified atom stereocenters. The van der Waals surface area contributed by atoms with Gasteiger partial charge in [-0.2, -0.15) is 0 Å². The van der Waals surface area contributed by atoms with Crippen molar-refractivity contribution < 1.29 is 14.3 Å². The van der Waals surface area contributed by atoms with Crippen LogP contribution in [0, 0.1) is 0 Å². The maximum atomic E-state index is 12.3. The number of fused-ring (bicyclic) bond motifs is 1. The highest BCUT2D eigenvalue weighted by Crippen LogP contribution is 2.27. The number of amidine groups is 1. The van der Waals surface area contributed by atoms with E-state index in [1.807, 2.05) is 41.5 Å². The van der Waals surface area contributed by atoms with Crippen LogP contribution in [-0.4, -0.2) is 50.5 Å². The number of methoxy groups -OCH3 is 2. The highest BCUT2D eigenvalue weighted by atomic mass is 16.5. The molecule has 1 N–H and O–H groups in total. The molecule has 0 spiro atoms. The molecule has 0 fully saturated rings. The predicted octanol–water partition coefficient (Wildman–Crippen LogP) is 1.53. The van der Waals surface area contributed by atoms with Crippen molar-refractivity contribution in [3.63, 3.8) is 0 Å². The summed E-state index contributed by atoms with van der Waals surface area (Å²) in [6.07, 6.45) is 6.28. The van der Waals surface area contributed by atoms with Crippen molar-refractivity contribution in [1.29, 1.82) is 0 Å². The van der Waals surface area contributed by atoms with Crippen LogP contribution in [0.25, 0.3) is 0 Å². The summed E-state index contributed by atoms with van der Waals surface area (Å²) in [7, 11) is 3.22. The third-order valence-corrected chi connectivity index (χ3v) is 4.03. The first kappa shape index (κ1) is 16.1. The number of rotatable bonds is 6. The van der Waals surface area contributed by atoms with E-state index in [4.69, 9.17) is 9.47 Å². The van der Waals surface area contributed by atoms with Crippen molar-refractivity contribution in [2.75, 3.05) is 33.9 Å². The molecule has 2 aliphatic heterocycles. The Labute approximate surface area is 141 Å². The summed E-state index contributed by atoms with van der Waals surface area (Å²) in [6.45, 7) is 2.17. The number of benzene rings is 1. The average molecular weight is 327 g/mol. The molecule has 0 radical (unpaired) electrons. The van der Waals surface area contributed by atoms with Gasteiger partial charge >= 0.3 is 0 Å². The molecule has 0 saturated carbocycles. The maximum Gasteiger partial charge on any atom is 0.252 e. The van der Waals surface area contributed by atoms with Crippen LogP contribution in [0.5, 0.6) is 11.5 Å². The normalized spacial score (nSPS) is 15.5. The standard InChI is InChI=1S/C18H21N3O3/c1-23-15-5-3-13(11-16(15)24-2)7-8-20-18(22)14-4-6-17-19-9-10-21(17)12-14/h3-6,11-12H,7-10H2,1-2H3,(H,20,22). The topological polar surface area (TPSA) is 63.2 Å². The number of hydrogen-bond acceptors (Lipinski definition) is 5. The Balaban J connectivity index is 1.54. The van der Waals surface area contributed by atoms with Crippen LogP contribution < -0.4 is 14.8 Å². The van der Waals surface area contributed by atoms with Crippen LogP contribution in [0.1, 0.15) is 5.56 Å². The Kier molecular flexibility index (Phi) is 4.84. The SMILES string of the molecule is COc1ccc(CCNC(=O)C2=CN3CCN=C3C=C2)cc1OC. The summed E-state index contributed by atoms with van der Waals surface area (Å²) >= 11 is 0. The molecule has 0 aromatic heterocycles. The molecule has 2 heterocycles. The van der Waals surface area contributed by atoms with Gasteiger partial charge in [-0.25, -0.2) is 0 Å². The van der Waals surface area contributed by atoms with E-state index in [1.54, 1.807) is 14.2 Å². The van der Waals surface area contributed by atoms with Crippen LogP contribution in [0.4, 0.5) is 0 Å². The number of nitrogens with one attached hydrogen (secondary N) is 1. The molecule has 6 heteroatoms. The molecule has 0 atom stereocenters. The van der Waals surface area contributed by atoms with Gasteiger partial charge in [0.2, 0.25) is 0 Å². The van der Waals surface area contributed by atoms with Gasteiger partial charge in [0.05, 0.1) is 26.3 Å². The fourth-order valence-corrected chi connectivity index (χ4v) is 2.72. The van der Waals surface area contributed by atoms with Gasteiger partial charge in [-0.15, -0.1) is 0 Å². The van der Waals surface area contributed by atoms with Gasteiger partial charge in [-0.05, 0) is 36.3 Å². The second-order valence-electron chi connectivity index (χ2n) is 5.55. The minimum atomic E-state index is -0.0716. The average Bonchev–Trinajstić information content (AvgIpc) is 3.09. The monoisotopic (exact) mass is 327 g/mol. The lowest BCUT2D eigenvalue weighted by atomic mass is 10.1. The lowest BCUT2D eigenvalue weighted by Gasteiger charge is -2.18. The molecule has 0 aliphatic carbocycles. The summed E-state index contributed by atoms with van der Waals surface area (Å²) < 4.78 is 10.5. The number of hydrogen-bond donors (Lipinski definition) is 1. The zero-order valence-electron chi connectivity index (χ0n) is 13.9. The van der Waals surface area contributed by atoms with Crippen molar-refractivity contribution in [1.82, 2.24) is 10.2 Å². The Morgan fingerprint density at radius 2 is 2.08 bits per heavy atom. The molecule has 1 aromatic rings. The predicted molar refractivity (Wildman–Crippen MR) is 92.5 cm³/mol. The van der Waals surface area contributed by atoms with Crippen LogP contribution in [0.3, 0.4) is 0 Å². The Morgan fingerprint density at radius 3 is 2.88 bits per heavy atom. The fourth-order valence-electron chi connectivity index (χ4n) is 2.72. The first-order valence-electron chi connectivity index (χ1n) is 7.91. The smallest absolute Gasteiger partial charge is 0.252 e. The Hall–Kier alpha value is -2.76. The van der Waals surface area contributed by atoms with Crippen molar-refractivity contribution in [2.45, 2.75) is 6.42 Å². The summed E-state index contributed by atoms with van der Waals surface area (Å²) in [5.41, 5.74) is 1.73. The van der Waals surface area contributed by atoms with Crippen molar-refractivity contribution in [3.8, 4) is 11.5 Å². The van der Waals surface area contributed by atoms with Gasteiger partial charge in [0, 0.05) is 19.3 Å². The van der Waals surface area contributed by atoms with Crippen LogP contribution in [0.15, 0.2) is 47.1 Å². The van der Waals surface area contributed by atoms with Gasteiger partial charge in [0.15, 0.2) is 11.5 Å². The minimum Gasteiger partial charge on any atom is -0.493 e. The number of ether oxygens (including phenoxy) is 2. The van der Waals surface area contributed by atoms with Gasteiger partial charge in [0.1, 0.15) is 5.84 Å². The molecule has 1 amide bonds. The maximum absolute atomic E-state index is 12.3. The number of amides is 1. The van der Waals surface area contributed by atoms with Gasteiger partial charge in [-0.3, -0.25) is 9.79 Å². The van der Waals surface area contributed by atoms with Crippen molar-refractivity contribution >= 4 is 11.7 Å². The molecule has 0 bridgehead atoms. The Bertz CT molecular complexity index is 722. The van der Waals surface area contributed by atoms with E-state index in [0.29, 0.717) is 23.6 Å². The van der Waals surface area contributed by atoms with Crippen LogP contribution in [0.2, 0.25) is 0 Å². The van der Waals surface area contributed by atoms with E-state index in [1.165, 1.54) is 0 Å². The first-order chi connectivity index (χ1) is 11.7. The lowest BCUT2D eigenvalue weighted by molar-refractivity contribution is -0.117. The van der Waals surface area contributed by atoms with Crippen molar-refractivity contribution in [2.24, 2.45) is 4.99 Å².